The quantitative estimate of drug-likeness (QED) is 0.636. The molecule has 3 heteroatoms. The topological polar surface area (TPSA) is 12.5 Å². The molecule has 0 saturated carbocycles. The molecule has 0 aromatic carbocycles. The maximum absolute atomic E-state index is 5.16. The Morgan fingerprint density at radius 2 is 1.77 bits per heavy atom. The molecule has 2 nitrogen and oxygen atoms in total. The highest BCUT2D eigenvalue weighted by Crippen LogP contribution is 2.20. The van der Waals surface area contributed by atoms with Gasteiger partial charge in [0.1, 0.15) is 0 Å². The maximum Gasteiger partial charge on any atom is 0.166 e. The molecule has 0 fully saturated rings. The predicted octanol–water partition coefficient (Wildman–Crippen LogP) is 2.33. The van der Waals surface area contributed by atoms with Gasteiger partial charge in [0.05, 0.1) is 7.11 Å². The number of nitrogens with zero attached hydrogens (tertiary/aromatic N) is 1. The summed E-state index contributed by atoms with van der Waals surface area (Å²) >= 11 is 5.16. The fourth-order valence-electron chi connectivity index (χ4n) is 1.35. The Kier molecular flexibility index (Phi) is 5.49. The van der Waals surface area contributed by atoms with Crippen LogP contribution in [-0.4, -0.2) is 36.7 Å². The van der Waals surface area contributed by atoms with Gasteiger partial charge in [-0.1, -0.05) is 27.7 Å². The Labute approximate surface area is 87.3 Å². The summed E-state index contributed by atoms with van der Waals surface area (Å²) in [6.07, 6.45) is 0. The Hall–Kier alpha value is -0.150. The van der Waals surface area contributed by atoms with Gasteiger partial charge >= 0.3 is 0 Å². The van der Waals surface area contributed by atoms with Crippen molar-refractivity contribution in [1.82, 2.24) is 4.90 Å². The van der Waals surface area contributed by atoms with Crippen LogP contribution in [0.5, 0.6) is 0 Å². The van der Waals surface area contributed by atoms with Crippen molar-refractivity contribution >= 4 is 17.3 Å². The lowest BCUT2D eigenvalue weighted by molar-refractivity contribution is 0.218. The van der Waals surface area contributed by atoms with Crippen molar-refractivity contribution in [2.24, 2.45) is 5.41 Å². The molecule has 0 aromatic heterocycles. The van der Waals surface area contributed by atoms with Crippen LogP contribution >= 0.6 is 12.2 Å². The standard InChI is InChI=1S/C10H21NOS/c1-6-11(7-2)8-10(3,4)9(13)12-5/h6-8H2,1-5H3. The summed E-state index contributed by atoms with van der Waals surface area (Å²) in [5, 5.41) is 0.694. The van der Waals surface area contributed by atoms with Gasteiger partial charge in [-0.3, -0.25) is 0 Å². The van der Waals surface area contributed by atoms with Crippen LogP contribution in [0, 0.1) is 5.41 Å². The molecule has 0 aliphatic carbocycles. The van der Waals surface area contributed by atoms with Crippen LogP contribution in [0.3, 0.4) is 0 Å². The van der Waals surface area contributed by atoms with Gasteiger partial charge in [0.2, 0.25) is 0 Å². The first kappa shape index (κ1) is 12.8. The number of ether oxygens (including phenoxy) is 1. The molecule has 0 radical (unpaired) electrons. The van der Waals surface area contributed by atoms with Gasteiger partial charge < -0.3 is 9.64 Å². The average molecular weight is 203 g/mol. The Balaban J connectivity index is 4.21. The average Bonchev–Trinajstić information content (AvgIpc) is 2.12. The van der Waals surface area contributed by atoms with E-state index in [9.17, 15) is 0 Å². The SMILES string of the molecule is CCN(CC)CC(C)(C)C(=S)OC. The third-order valence-electron chi connectivity index (χ3n) is 2.25. The summed E-state index contributed by atoms with van der Waals surface area (Å²) in [4.78, 5) is 2.35. The van der Waals surface area contributed by atoms with Gasteiger partial charge in [0.25, 0.3) is 0 Å². The van der Waals surface area contributed by atoms with E-state index in [4.69, 9.17) is 17.0 Å². The lowest BCUT2D eigenvalue weighted by Gasteiger charge is -2.30. The van der Waals surface area contributed by atoms with E-state index >= 15 is 0 Å². The van der Waals surface area contributed by atoms with Crippen LogP contribution in [0.25, 0.3) is 0 Å². The van der Waals surface area contributed by atoms with Crippen LogP contribution in [0.15, 0.2) is 0 Å². The lowest BCUT2D eigenvalue weighted by Crippen LogP contribution is -2.39. The molecule has 0 heterocycles. The van der Waals surface area contributed by atoms with Gasteiger partial charge in [-0.05, 0) is 25.3 Å². The Morgan fingerprint density at radius 3 is 2.08 bits per heavy atom. The second-order valence-corrected chi connectivity index (χ2v) is 4.21. The summed E-state index contributed by atoms with van der Waals surface area (Å²) < 4.78 is 5.11. The summed E-state index contributed by atoms with van der Waals surface area (Å²) in [5.41, 5.74) is -0.0316. The highest BCUT2D eigenvalue weighted by atomic mass is 32.1. The highest BCUT2D eigenvalue weighted by molar-refractivity contribution is 7.80. The molecule has 0 rings (SSSR count). The number of rotatable bonds is 5. The largest absolute Gasteiger partial charge is 0.490 e. The number of hydrogen-bond donors (Lipinski definition) is 0. The van der Waals surface area contributed by atoms with Gasteiger partial charge in [0, 0.05) is 12.0 Å². The molecule has 0 bridgehead atoms. The third-order valence-corrected chi connectivity index (χ3v) is 2.97. The van der Waals surface area contributed by atoms with Crippen molar-refractivity contribution in [3.63, 3.8) is 0 Å². The van der Waals surface area contributed by atoms with Crippen LogP contribution in [0.4, 0.5) is 0 Å². The first-order valence-electron chi connectivity index (χ1n) is 4.78. The predicted molar refractivity (Wildman–Crippen MR) is 61.2 cm³/mol. The van der Waals surface area contributed by atoms with Crippen LogP contribution in [-0.2, 0) is 4.74 Å². The Bertz CT molecular complexity index is 164. The first-order valence-corrected chi connectivity index (χ1v) is 5.19. The first-order chi connectivity index (χ1) is 5.97. The number of hydrogen-bond acceptors (Lipinski definition) is 3. The molecule has 0 amide bonds. The van der Waals surface area contributed by atoms with E-state index in [1.165, 1.54) is 0 Å². The molecule has 0 N–H and O–H groups in total. The molecule has 0 unspecified atom stereocenters. The van der Waals surface area contributed by atoms with E-state index in [1.807, 2.05) is 0 Å². The smallest absolute Gasteiger partial charge is 0.166 e. The van der Waals surface area contributed by atoms with Crippen molar-refractivity contribution in [1.29, 1.82) is 0 Å². The van der Waals surface area contributed by atoms with E-state index in [-0.39, 0.29) is 5.41 Å². The zero-order valence-corrected chi connectivity index (χ0v) is 10.2. The third kappa shape index (κ3) is 4.05. The molecule has 13 heavy (non-hydrogen) atoms. The summed E-state index contributed by atoms with van der Waals surface area (Å²) in [5.74, 6) is 0. The number of methoxy groups -OCH3 is 1. The number of thiocarbonyl (C=S) groups is 1. The fraction of sp³-hybridized carbons (Fsp3) is 0.900. The normalized spacial score (nSPS) is 11.8. The van der Waals surface area contributed by atoms with Gasteiger partial charge in [-0.25, -0.2) is 0 Å². The molecular weight excluding hydrogens is 182 g/mol. The van der Waals surface area contributed by atoms with E-state index in [1.54, 1.807) is 7.11 Å². The zero-order chi connectivity index (χ0) is 10.5. The summed E-state index contributed by atoms with van der Waals surface area (Å²) in [7, 11) is 1.65. The minimum Gasteiger partial charge on any atom is -0.490 e. The Morgan fingerprint density at radius 1 is 1.31 bits per heavy atom. The van der Waals surface area contributed by atoms with Crippen LogP contribution in [0.1, 0.15) is 27.7 Å². The molecule has 78 valence electrons. The maximum atomic E-state index is 5.16. The molecular formula is C10H21NOS. The second kappa shape index (κ2) is 5.55. The van der Waals surface area contributed by atoms with E-state index in [0.29, 0.717) is 5.05 Å². The van der Waals surface area contributed by atoms with Crippen molar-refractivity contribution < 1.29 is 4.74 Å². The highest BCUT2D eigenvalue weighted by Gasteiger charge is 2.26. The van der Waals surface area contributed by atoms with Gasteiger partial charge in [-0.15, -0.1) is 0 Å². The monoisotopic (exact) mass is 203 g/mol. The lowest BCUT2D eigenvalue weighted by atomic mass is 9.94. The van der Waals surface area contributed by atoms with E-state index in [2.05, 4.69) is 32.6 Å². The molecule has 0 aromatic rings. The zero-order valence-electron chi connectivity index (χ0n) is 9.39. The van der Waals surface area contributed by atoms with E-state index in [0.717, 1.165) is 19.6 Å². The van der Waals surface area contributed by atoms with Crippen molar-refractivity contribution in [3.05, 3.63) is 0 Å². The minimum atomic E-state index is -0.0316. The van der Waals surface area contributed by atoms with Crippen molar-refractivity contribution in [2.45, 2.75) is 27.7 Å². The molecule has 0 spiro atoms. The van der Waals surface area contributed by atoms with E-state index < -0.39 is 0 Å². The minimum absolute atomic E-state index is 0.0316. The van der Waals surface area contributed by atoms with Gasteiger partial charge in [0.15, 0.2) is 5.05 Å². The van der Waals surface area contributed by atoms with Crippen molar-refractivity contribution in [2.75, 3.05) is 26.7 Å². The van der Waals surface area contributed by atoms with Crippen molar-refractivity contribution in [3.8, 4) is 0 Å². The summed E-state index contributed by atoms with van der Waals surface area (Å²) in [6.45, 7) is 11.7. The van der Waals surface area contributed by atoms with Crippen LogP contribution in [0.2, 0.25) is 0 Å². The molecule has 0 atom stereocenters. The van der Waals surface area contributed by atoms with Gasteiger partial charge in [-0.2, -0.15) is 0 Å². The fourth-order valence-corrected chi connectivity index (χ4v) is 1.41. The molecule has 0 aliphatic heterocycles. The molecule has 0 saturated heterocycles. The summed E-state index contributed by atoms with van der Waals surface area (Å²) in [6, 6.07) is 0. The molecule has 0 aliphatic rings. The van der Waals surface area contributed by atoms with Crippen LogP contribution < -0.4 is 0 Å². The second-order valence-electron chi connectivity index (χ2n) is 3.84.